The molecule has 0 N–H and O–H groups in total. The number of aromatic nitrogens is 2. The zero-order valence-corrected chi connectivity index (χ0v) is 8.10. The smallest absolute Gasteiger partial charge is 0.219 e. The van der Waals surface area contributed by atoms with Gasteiger partial charge in [0.25, 0.3) is 0 Å². The second-order valence-electron chi connectivity index (χ2n) is 3.06. The van der Waals surface area contributed by atoms with Gasteiger partial charge in [-0.05, 0) is 12.5 Å². The molecular weight excluding hydrogens is 166 g/mol. The van der Waals surface area contributed by atoms with Gasteiger partial charge in [-0.25, -0.2) is 0 Å². The fourth-order valence-electron chi connectivity index (χ4n) is 1.06. The van der Waals surface area contributed by atoms with E-state index in [-0.39, 0.29) is 5.91 Å². The van der Waals surface area contributed by atoms with Crippen molar-refractivity contribution in [2.24, 2.45) is 0 Å². The van der Waals surface area contributed by atoms with Crippen LogP contribution in [0.2, 0.25) is 0 Å². The van der Waals surface area contributed by atoms with E-state index in [1.165, 1.54) is 0 Å². The van der Waals surface area contributed by atoms with Crippen molar-refractivity contribution in [3.8, 4) is 0 Å². The number of carbonyl (C=O) groups excluding carboxylic acids is 1. The van der Waals surface area contributed by atoms with E-state index in [9.17, 15) is 4.79 Å². The molecule has 0 aromatic carbocycles. The molecule has 0 saturated carbocycles. The van der Waals surface area contributed by atoms with Crippen LogP contribution in [0.15, 0.2) is 18.5 Å². The van der Waals surface area contributed by atoms with Crippen LogP contribution in [0.4, 0.5) is 0 Å². The maximum atomic E-state index is 10.8. The van der Waals surface area contributed by atoms with Gasteiger partial charge in [0.05, 0.1) is 0 Å². The van der Waals surface area contributed by atoms with Crippen LogP contribution in [0.3, 0.4) is 0 Å². The van der Waals surface area contributed by atoms with Gasteiger partial charge in [0, 0.05) is 39.5 Å². The second kappa shape index (κ2) is 4.64. The van der Waals surface area contributed by atoms with Gasteiger partial charge >= 0.3 is 0 Å². The standard InChI is InChI=1S/C9H15N3O/c1-9(13)11(2)6-4-8-12-7-3-5-10-12/h3,5,7H,4,6,8H2,1-2H3. The zero-order valence-electron chi connectivity index (χ0n) is 8.10. The Kier molecular flexibility index (Phi) is 3.49. The van der Waals surface area contributed by atoms with Crippen molar-refractivity contribution in [2.45, 2.75) is 19.9 Å². The SMILES string of the molecule is CC(=O)N(C)CCCn1cccn1. The summed E-state index contributed by atoms with van der Waals surface area (Å²) < 4.78 is 1.87. The van der Waals surface area contributed by atoms with E-state index in [1.807, 2.05) is 24.0 Å². The van der Waals surface area contributed by atoms with Crippen molar-refractivity contribution >= 4 is 5.91 Å². The molecular formula is C9H15N3O. The van der Waals surface area contributed by atoms with Gasteiger partial charge in [-0.1, -0.05) is 0 Å². The summed E-state index contributed by atoms with van der Waals surface area (Å²) in [6.07, 6.45) is 4.63. The van der Waals surface area contributed by atoms with Gasteiger partial charge in [-0.15, -0.1) is 0 Å². The quantitative estimate of drug-likeness (QED) is 0.687. The number of amides is 1. The minimum atomic E-state index is 0.112. The summed E-state index contributed by atoms with van der Waals surface area (Å²) in [5.41, 5.74) is 0. The monoisotopic (exact) mass is 181 g/mol. The Morgan fingerprint density at radius 2 is 2.38 bits per heavy atom. The Bertz CT molecular complexity index is 256. The molecule has 0 spiro atoms. The summed E-state index contributed by atoms with van der Waals surface area (Å²) in [4.78, 5) is 12.6. The fraction of sp³-hybridized carbons (Fsp3) is 0.556. The highest BCUT2D eigenvalue weighted by Crippen LogP contribution is 1.92. The predicted octanol–water partition coefficient (Wildman–Crippen LogP) is 0.751. The normalized spacial score (nSPS) is 10.0. The average molecular weight is 181 g/mol. The van der Waals surface area contributed by atoms with Crippen LogP contribution in [0.5, 0.6) is 0 Å². The van der Waals surface area contributed by atoms with Crippen LogP contribution in [0, 0.1) is 0 Å². The molecule has 0 fully saturated rings. The van der Waals surface area contributed by atoms with Crippen LogP contribution in [-0.2, 0) is 11.3 Å². The lowest BCUT2D eigenvalue weighted by molar-refractivity contribution is -0.127. The molecule has 4 nitrogen and oxygen atoms in total. The van der Waals surface area contributed by atoms with Gasteiger partial charge < -0.3 is 4.90 Å². The first-order chi connectivity index (χ1) is 6.20. The first kappa shape index (κ1) is 9.77. The first-order valence-corrected chi connectivity index (χ1v) is 4.39. The van der Waals surface area contributed by atoms with Gasteiger partial charge in [-0.2, -0.15) is 5.10 Å². The topological polar surface area (TPSA) is 38.1 Å². The molecule has 0 bridgehead atoms. The predicted molar refractivity (Wildman–Crippen MR) is 50.2 cm³/mol. The van der Waals surface area contributed by atoms with E-state index in [4.69, 9.17) is 0 Å². The third-order valence-electron chi connectivity index (χ3n) is 1.98. The van der Waals surface area contributed by atoms with Gasteiger partial charge in [0.2, 0.25) is 5.91 Å². The minimum Gasteiger partial charge on any atom is -0.346 e. The summed E-state index contributed by atoms with van der Waals surface area (Å²) in [5.74, 6) is 0.112. The lowest BCUT2D eigenvalue weighted by atomic mass is 10.4. The molecule has 0 radical (unpaired) electrons. The van der Waals surface area contributed by atoms with E-state index in [2.05, 4.69) is 5.10 Å². The summed E-state index contributed by atoms with van der Waals surface area (Å²) in [5, 5.41) is 4.07. The molecule has 0 aliphatic heterocycles. The van der Waals surface area contributed by atoms with Crippen LogP contribution >= 0.6 is 0 Å². The van der Waals surface area contributed by atoms with Gasteiger partial charge in [-0.3, -0.25) is 9.48 Å². The Balaban J connectivity index is 2.18. The molecule has 0 unspecified atom stereocenters. The second-order valence-corrected chi connectivity index (χ2v) is 3.06. The van der Waals surface area contributed by atoms with Crippen LogP contribution in [-0.4, -0.2) is 34.2 Å². The first-order valence-electron chi connectivity index (χ1n) is 4.39. The van der Waals surface area contributed by atoms with Crippen molar-refractivity contribution in [1.29, 1.82) is 0 Å². The highest BCUT2D eigenvalue weighted by atomic mass is 16.2. The maximum absolute atomic E-state index is 10.8. The number of carbonyl (C=O) groups is 1. The molecule has 0 saturated heterocycles. The summed E-state index contributed by atoms with van der Waals surface area (Å²) in [6.45, 7) is 3.23. The lowest BCUT2D eigenvalue weighted by Gasteiger charge is -2.13. The number of hydrogen-bond donors (Lipinski definition) is 0. The summed E-state index contributed by atoms with van der Waals surface area (Å²) >= 11 is 0. The van der Waals surface area contributed by atoms with E-state index in [0.717, 1.165) is 19.5 Å². The third kappa shape index (κ3) is 3.27. The molecule has 0 aliphatic rings. The Morgan fingerprint density at radius 1 is 1.62 bits per heavy atom. The van der Waals surface area contributed by atoms with Gasteiger partial charge in [0.15, 0.2) is 0 Å². The molecule has 1 heterocycles. The summed E-state index contributed by atoms with van der Waals surface area (Å²) in [7, 11) is 1.81. The molecule has 1 aromatic heterocycles. The molecule has 0 atom stereocenters. The average Bonchev–Trinajstić information content (AvgIpc) is 2.56. The van der Waals surface area contributed by atoms with E-state index in [1.54, 1.807) is 18.0 Å². The fourth-order valence-corrected chi connectivity index (χ4v) is 1.06. The highest BCUT2D eigenvalue weighted by molar-refractivity contribution is 5.72. The van der Waals surface area contributed by atoms with Gasteiger partial charge in [0.1, 0.15) is 0 Å². The number of nitrogens with zero attached hydrogens (tertiary/aromatic N) is 3. The lowest BCUT2D eigenvalue weighted by Crippen LogP contribution is -2.25. The van der Waals surface area contributed by atoms with Crippen molar-refractivity contribution in [1.82, 2.24) is 14.7 Å². The largest absolute Gasteiger partial charge is 0.346 e. The molecule has 0 aliphatic carbocycles. The van der Waals surface area contributed by atoms with Crippen molar-refractivity contribution < 1.29 is 4.79 Å². The highest BCUT2D eigenvalue weighted by Gasteiger charge is 2.00. The van der Waals surface area contributed by atoms with Crippen LogP contribution < -0.4 is 0 Å². The zero-order chi connectivity index (χ0) is 9.68. The number of aryl methyl sites for hydroxylation is 1. The van der Waals surface area contributed by atoms with E-state index in [0.29, 0.717) is 0 Å². The molecule has 1 aromatic rings. The van der Waals surface area contributed by atoms with Crippen molar-refractivity contribution in [3.63, 3.8) is 0 Å². The Labute approximate surface area is 78.1 Å². The van der Waals surface area contributed by atoms with E-state index >= 15 is 0 Å². The Hall–Kier alpha value is -1.32. The molecule has 4 heteroatoms. The Morgan fingerprint density at radius 3 is 2.92 bits per heavy atom. The minimum absolute atomic E-state index is 0.112. The van der Waals surface area contributed by atoms with E-state index < -0.39 is 0 Å². The molecule has 72 valence electrons. The molecule has 1 rings (SSSR count). The van der Waals surface area contributed by atoms with Crippen LogP contribution in [0.1, 0.15) is 13.3 Å². The third-order valence-corrected chi connectivity index (χ3v) is 1.98. The van der Waals surface area contributed by atoms with Crippen molar-refractivity contribution in [3.05, 3.63) is 18.5 Å². The summed E-state index contributed by atoms with van der Waals surface area (Å²) in [6, 6.07) is 1.90. The molecule has 13 heavy (non-hydrogen) atoms. The maximum Gasteiger partial charge on any atom is 0.219 e. The number of hydrogen-bond acceptors (Lipinski definition) is 2. The van der Waals surface area contributed by atoms with Crippen molar-refractivity contribution in [2.75, 3.05) is 13.6 Å². The number of rotatable bonds is 4. The molecule has 1 amide bonds. The van der Waals surface area contributed by atoms with Crippen LogP contribution in [0.25, 0.3) is 0 Å².